The van der Waals surface area contributed by atoms with Crippen LogP contribution in [-0.2, 0) is 4.74 Å². The Morgan fingerprint density at radius 2 is 2.06 bits per heavy atom. The van der Waals surface area contributed by atoms with Gasteiger partial charge in [-0.15, -0.1) is 12.4 Å². The Morgan fingerprint density at radius 3 is 2.76 bits per heavy atom. The van der Waals surface area contributed by atoms with Crippen LogP contribution in [0.2, 0.25) is 0 Å². The maximum atomic E-state index is 11.9. The van der Waals surface area contributed by atoms with Crippen LogP contribution < -0.4 is 5.32 Å². The molecule has 3 saturated heterocycles. The highest BCUT2D eigenvalue weighted by molar-refractivity contribution is 5.85. The Bertz CT molecular complexity index is 307. The first kappa shape index (κ1) is 12.9. The Morgan fingerprint density at radius 1 is 1.35 bits per heavy atom. The molecule has 1 unspecified atom stereocenters. The van der Waals surface area contributed by atoms with Crippen LogP contribution in [0.4, 0.5) is 4.79 Å². The van der Waals surface area contributed by atoms with Crippen LogP contribution in [0.5, 0.6) is 0 Å². The zero-order chi connectivity index (χ0) is 11.2. The largest absolute Gasteiger partial charge is 0.440 e. The number of hydrogen-bond acceptors (Lipinski definition) is 4. The lowest BCUT2D eigenvalue weighted by atomic mass is 9.84. The van der Waals surface area contributed by atoms with Gasteiger partial charge in [-0.1, -0.05) is 0 Å². The van der Waals surface area contributed by atoms with Crippen molar-refractivity contribution in [3.8, 4) is 0 Å². The maximum Gasteiger partial charge on any atom is 0.410 e. The molecule has 5 nitrogen and oxygen atoms in total. The zero-order valence-electron chi connectivity index (χ0n) is 10.1. The fraction of sp³-hybridized carbons (Fsp3) is 0.909. The number of hydrogen-bond donors (Lipinski definition) is 1. The average Bonchev–Trinajstić information content (AvgIpc) is 2.53. The number of nitrogens with one attached hydrogen (secondary N) is 1. The summed E-state index contributed by atoms with van der Waals surface area (Å²) in [6, 6.07) is 0.265. The molecule has 3 aliphatic heterocycles. The fourth-order valence-electron chi connectivity index (χ4n) is 3.17. The molecular weight excluding hydrogens is 242 g/mol. The van der Waals surface area contributed by atoms with Crippen molar-refractivity contribution >= 4 is 18.5 Å². The van der Waals surface area contributed by atoms with E-state index in [0.717, 1.165) is 45.6 Å². The van der Waals surface area contributed by atoms with E-state index >= 15 is 0 Å². The van der Waals surface area contributed by atoms with Crippen LogP contribution in [0.3, 0.4) is 0 Å². The molecule has 0 aromatic rings. The van der Waals surface area contributed by atoms with Crippen LogP contribution in [0, 0.1) is 0 Å². The number of halogens is 1. The number of carbonyl (C=O) groups is 1. The number of ether oxygens (including phenoxy) is 1. The van der Waals surface area contributed by atoms with Crippen LogP contribution in [0.1, 0.15) is 12.8 Å². The summed E-state index contributed by atoms with van der Waals surface area (Å²) in [5.74, 6) is 0. The number of rotatable bonds is 0. The van der Waals surface area contributed by atoms with Gasteiger partial charge in [-0.25, -0.2) is 4.79 Å². The van der Waals surface area contributed by atoms with Gasteiger partial charge in [0.1, 0.15) is 5.60 Å². The third-order valence-electron chi connectivity index (χ3n) is 4.17. The first-order valence-electron chi connectivity index (χ1n) is 6.10. The second-order valence-electron chi connectivity index (χ2n) is 5.15. The molecule has 1 spiro atoms. The molecule has 0 saturated carbocycles. The number of piperazine rings is 1. The summed E-state index contributed by atoms with van der Waals surface area (Å²) in [5, 5.41) is 3.33. The predicted octanol–water partition coefficient (Wildman–Crippen LogP) is 0.297. The highest BCUT2D eigenvalue weighted by Crippen LogP contribution is 2.38. The minimum absolute atomic E-state index is 0. The molecule has 6 heteroatoms. The lowest BCUT2D eigenvalue weighted by molar-refractivity contribution is -0.00626. The van der Waals surface area contributed by atoms with E-state index in [9.17, 15) is 4.79 Å². The standard InChI is InChI=1S/C11H19N3O2.ClH/c1-13-6-7-14-9(8-13)11(16-10(14)15)2-4-12-5-3-11;/h9,12H,2-8H2,1H3;1H. The average molecular weight is 262 g/mol. The number of nitrogens with zero attached hydrogens (tertiary/aromatic N) is 2. The van der Waals surface area contributed by atoms with Crippen molar-refractivity contribution in [1.29, 1.82) is 0 Å². The van der Waals surface area contributed by atoms with Gasteiger partial charge >= 0.3 is 6.09 Å². The summed E-state index contributed by atoms with van der Waals surface area (Å²) >= 11 is 0. The SMILES string of the molecule is CN1CCN2C(=O)OC3(CCNCC3)C2C1.Cl. The molecule has 3 aliphatic rings. The van der Waals surface area contributed by atoms with E-state index in [1.54, 1.807) is 0 Å². The van der Waals surface area contributed by atoms with Crippen LogP contribution >= 0.6 is 12.4 Å². The van der Waals surface area contributed by atoms with Gasteiger partial charge < -0.3 is 15.0 Å². The second kappa shape index (κ2) is 4.63. The van der Waals surface area contributed by atoms with E-state index in [1.165, 1.54) is 0 Å². The normalized spacial score (nSPS) is 31.9. The van der Waals surface area contributed by atoms with Crippen molar-refractivity contribution in [3.63, 3.8) is 0 Å². The molecule has 0 aliphatic carbocycles. The number of carbonyl (C=O) groups excluding carboxylic acids is 1. The molecule has 3 fully saturated rings. The van der Waals surface area contributed by atoms with Crippen molar-refractivity contribution in [1.82, 2.24) is 15.1 Å². The smallest absolute Gasteiger partial charge is 0.410 e. The van der Waals surface area contributed by atoms with Gasteiger partial charge in [0, 0.05) is 32.5 Å². The number of piperidine rings is 1. The molecule has 1 atom stereocenters. The Balaban J connectivity index is 0.00000108. The Hall–Kier alpha value is -0.520. The number of fused-ring (bicyclic) bond motifs is 2. The van der Waals surface area contributed by atoms with Gasteiger partial charge in [0.15, 0.2) is 0 Å². The van der Waals surface area contributed by atoms with Gasteiger partial charge in [0.2, 0.25) is 0 Å². The second-order valence-corrected chi connectivity index (χ2v) is 5.15. The molecule has 98 valence electrons. The fourth-order valence-corrected chi connectivity index (χ4v) is 3.17. The Labute approximate surface area is 108 Å². The van der Waals surface area contributed by atoms with E-state index in [4.69, 9.17) is 4.74 Å². The third kappa shape index (κ3) is 2.00. The van der Waals surface area contributed by atoms with Gasteiger partial charge in [0.05, 0.1) is 6.04 Å². The lowest BCUT2D eigenvalue weighted by Gasteiger charge is -2.42. The van der Waals surface area contributed by atoms with Gasteiger partial charge in [-0.05, 0) is 20.1 Å². The summed E-state index contributed by atoms with van der Waals surface area (Å²) in [7, 11) is 2.12. The summed E-state index contributed by atoms with van der Waals surface area (Å²) in [6.07, 6.45) is 1.81. The first-order valence-corrected chi connectivity index (χ1v) is 6.10. The van der Waals surface area contributed by atoms with E-state index in [2.05, 4.69) is 17.3 Å². The monoisotopic (exact) mass is 261 g/mol. The van der Waals surface area contributed by atoms with E-state index in [0.29, 0.717) is 0 Å². The molecule has 1 N–H and O–H groups in total. The van der Waals surface area contributed by atoms with Gasteiger partial charge in [-0.2, -0.15) is 0 Å². The molecule has 3 heterocycles. The lowest BCUT2D eigenvalue weighted by Crippen LogP contribution is -2.59. The summed E-state index contributed by atoms with van der Waals surface area (Å²) in [5.41, 5.74) is -0.211. The molecular formula is C11H20ClN3O2. The van der Waals surface area contributed by atoms with E-state index in [-0.39, 0.29) is 30.1 Å². The highest BCUT2D eigenvalue weighted by atomic mass is 35.5. The molecule has 0 aromatic carbocycles. The van der Waals surface area contributed by atoms with Crippen LogP contribution in [-0.4, -0.2) is 67.3 Å². The van der Waals surface area contributed by atoms with Crippen LogP contribution in [0.15, 0.2) is 0 Å². The summed E-state index contributed by atoms with van der Waals surface area (Å²) in [6.45, 7) is 4.64. The van der Waals surface area contributed by atoms with Gasteiger partial charge in [0.25, 0.3) is 0 Å². The minimum atomic E-state index is -0.211. The van der Waals surface area contributed by atoms with E-state index < -0.39 is 0 Å². The summed E-state index contributed by atoms with van der Waals surface area (Å²) in [4.78, 5) is 16.1. The molecule has 3 rings (SSSR count). The number of amides is 1. The maximum absolute atomic E-state index is 11.9. The van der Waals surface area contributed by atoms with Gasteiger partial charge in [-0.3, -0.25) is 4.90 Å². The minimum Gasteiger partial charge on any atom is -0.440 e. The molecule has 0 radical (unpaired) electrons. The topological polar surface area (TPSA) is 44.8 Å². The van der Waals surface area contributed by atoms with Crippen molar-refractivity contribution in [3.05, 3.63) is 0 Å². The molecule has 17 heavy (non-hydrogen) atoms. The van der Waals surface area contributed by atoms with E-state index in [1.807, 2.05) is 4.90 Å². The summed E-state index contributed by atoms with van der Waals surface area (Å²) < 4.78 is 5.71. The molecule has 1 amide bonds. The van der Waals surface area contributed by atoms with Crippen molar-refractivity contribution in [2.75, 3.05) is 39.8 Å². The van der Waals surface area contributed by atoms with Crippen molar-refractivity contribution in [2.45, 2.75) is 24.5 Å². The zero-order valence-corrected chi connectivity index (χ0v) is 11.0. The molecule has 0 aromatic heterocycles. The van der Waals surface area contributed by atoms with Crippen molar-refractivity contribution in [2.24, 2.45) is 0 Å². The first-order chi connectivity index (χ1) is 7.71. The third-order valence-corrected chi connectivity index (χ3v) is 4.17. The quantitative estimate of drug-likeness (QED) is 0.681. The Kier molecular flexibility index (Phi) is 3.52. The predicted molar refractivity (Wildman–Crippen MR) is 66.6 cm³/mol. The number of likely N-dealkylation sites (N-methyl/N-ethyl adjacent to an activating group) is 1. The van der Waals surface area contributed by atoms with Crippen molar-refractivity contribution < 1.29 is 9.53 Å². The molecule has 0 bridgehead atoms. The van der Waals surface area contributed by atoms with Crippen LogP contribution in [0.25, 0.3) is 0 Å². The highest BCUT2D eigenvalue weighted by Gasteiger charge is 2.55.